The van der Waals surface area contributed by atoms with Crippen molar-refractivity contribution in [2.75, 3.05) is 12.4 Å². The molecule has 0 radical (unpaired) electrons. The van der Waals surface area contributed by atoms with Gasteiger partial charge in [0, 0.05) is 0 Å². The van der Waals surface area contributed by atoms with Gasteiger partial charge in [-0.05, 0) is 18.6 Å². The maximum absolute atomic E-state index is 11.4. The molecule has 2 nitrogen and oxygen atoms in total. The lowest BCUT2D eigenvalue weighted by atomic mass is 10.1. The Labute approximate surface area is 86.0 Å². The maximum Gasteiger partial charge on any atom is 0.177 e. The summed E-state index contributed by atoms with van der Waals surface area (Å²) >= 11 is 3.13. The molecule has 0 fully saturated rings. The van der Waals surface area contributed by atoms with Crippen LogP contribution in [0.5, 0.6) is 5.75 Å². The summed E-state index contributed by atoms with van der Waals surface area (Å²) in [5.41, 5.74) is 1.62. The van der Waals surface area contributed by atoms with Crippen LogP contribution in [0.2, 0.25) is 0 Å². The molecule has 0 spiro atoms. The number of ketones is 1. The van der Waals surface area contributed by atoms with Crippen molar-refractivity contribution in [3.05, 3.63) is 29.3 Å². The van der Waals surface area contributed by atoms with E-state index in [0.29, 0.717) is 16.6 Å². The minimum atomic E-state index is 0.0422. The Morgan fingerprint density at radius 2 is 2.23 bits per heavy atom. The van der Waals surface area contributed by atoms with E-state index < -0.39 is 0 Å². The molecule has 70 valence electrons. The molecule has 0 amide bonds. The van der Waals surface area contributed by atoms with Gasteiger partial charge in [0.05, 0.1) is 18.0 Å². The molecular formula is C10H11BrO2. The van der Waals surface area contributed by atoms with E-state index in [0.717, 1.165) is 5.56 Å². The highest BCUT2D eigenvalue weighted by molar-refractivity contribution is 9.09. The van der Waals surface area contributed by atoms with E-state index in [1.54, 1.807) is 13.2 Å². The third-order valence-electron chi connectivity index (χ3n) is 1.84. The number of ether oxygens (including phenoxy) is 1. The van der Waals surface area contributed by atoms with Crippen LogP contribution in [-0.2, 0) is 0 Å². The van der Waals surface area contributed by atoms with Crippen molar-refractivity contribution in [1.29, 1.82) is 0 Å². The second-order valence-electron chi connectivity index (χ2n) is 2.71. The van der Waals surface area contributed by atoms with Gasteiger partial charge in [0.2, 0.25) is 0 Å². The molecule has 13 heavy (non-hydrogen) atoms. The molecule has 0 bridgehead atoms. The van der Waals surface area contributed by atoms with Crippen LogP contribution in [0.25, 0.3) is 0 Å². The van der Waals surface area contributed by atoms with Gasteiger partial charge < -0.3 is 4.74 Å². The molecule has 0 saturated carbocycles. The molecule has 0 aromatic heterocycles. The number of aryl methyl sites for hydroxylation is 1. The van der Waals surface area contributed by atoms with Crippen molar-refractivity contribution in [3.8, 4) is 5.75 Å². The minimum absolute atomic E-state index is 0.0422. The normalized spacial score (nSPS) is 9.77. The van der Waals surface area contributed by atoms with Crippen molar-refractivity contribution in [1.82, 2.24) is 0 Å². The first-order valence-electron chi connectivity index (χ1n) is 3.93. The molecule has 3 heteroatoms. The standard InChI is InChI=1S/C10H11BrO2/c1-7-4-3-5-8(9(12)6-11)10(7)13-2/h3-5H,6H2,1-2H3. The van der Waals surface area contributed by atoms with Crippen LogP contribution in [0, 0.1) is 6.92 Å². The molecule has 1 rings (SSSR count). The first-order chi connectivity index (χ1) is 6.20. The van der Waals surface area contributed by atoms with E-state index in [1.165, 1.54) is 0 Å². The average molecular weight is 243 g/mol. The second kappa shape index (κ2) is 4.42. The Kier molecular flexibility index (Phi) is 3.48. The Hall–Kier alpha value is -0.830. The van der Waals surface area contributed by atoms with Gasteiger partial charge in [-0.1, -0.05) is 28.1 Å². The number of rotatable bonds is 3. The Morgan fingerprint density at radius 1 is 1.54 bits per heavy atom. The fourth-order valence-corrected chi connectivity index (χ4v) is 1.52. The van der Waals surface area contributed by atoms with Crippen molar-refractivity contribution in [3.63, 3.8) is 0 Å². The molecule has 0 saturated heterocycles. The molecule has 0 aliphatic carbocycles. The first-order valence-corrected chi connectivity index (χ1v) is 5.05. The Bertz CT molecular complexity index is 321. The fourth-order valence-electron chi connectivity index (χ4n) is 1.21. The minimum Gasteiger partial charge on any atom is -0.496 e. The quantitative estimate of drug-likeness (QED) is 0.602. The molecule has 0 aliphatic rings. The first kappa shape index (κ1) is 10.3. The van der Waals surface area contributed by atoms with E-state index >= 15 is 0 Å². The topological polar surface area (TPSA) is 26.3 Å². The average Bonchev–Trinajstić information content (AvgIpc) is 2.16. The van der Waals surface area contributed by atoms with E-state index in [-0.39, 0.29) is 5.78 Å². The van der Waals surface area contributed by atoms with Gasteiger partial charge in [-0.15, -0.1) is 0 Å². The Morgan fingerprint density at radius 3 is 2.77 bits per heavy atom. The van der Waals surface area contributed by atoms with Crippen LogP contribution < -0.4 is 4.74 Å². The summed E-state index contributed by atoms with van der Waals surface area (Å²) in [5, 5.41) is 0.326. The summed E-state index contributed by atoms with van der Waals surface area (Å²) in [5.74, 6) is 0.715. The van der Waals surface area contributed by atoms with Crippen LogP contribution in [0.15, 0.2) is 18.2 Å². The van der Waals surface area contributed by atoms with Gasteiger partial charge in [0.15, 0.2) is 5.78 Å². The van der Waals surface area contributed by atoms with Gasteiger partial charge in [0.1, 0.15) is 5.75 Å². The summed E-state index contributed by atoms with van der Waals surface area (Å²) < 4.78 is 5.16. The number of Topliss-reactive ketones (excluding diaryl/α,β-unsaturated/α-hetero) is 1. The van der Waals surface area contributed by atoms with Crippen LogP contribution in [0.4, 0.5) is 0 Å². The van der Waals surface area contributed by atoms with Crippen LogP contribution in [-0.4, -0.2) is 18.2 Å². The second-order valence-corrected chi connectivity index (χ2v) is 3.27. The van der Waals surface area contributed by atoms with E-state index in [1.807, 2.05) is 19.1 Å². The van der Waals surface area contributed by atoms with Crippen LogP contribution in [0.1, 0.15) is 15.9 Å². The number of hydrogen-bond acceptors (Lipinski definition) is 2. The van der Waals surface area contributed by atoms with Crippen LogP contribution in [0.3, 0.4) is 0 Å². The summed E-state index contributed by atoms with van der Waals surface area (Å²) in [6, 6.07) is 5.55. The summed E-state index contributed by atoms with van der Waals surface area (Å²) in [6.45, 7) is 1.92. The summed E-state index contributed by atoms with van der Waals surface area (Å²) in [6.07, 6.45) is 0. The molecule has 0 N–H and O–H groups in total. The monoisotopic (exact) mass is 242 g/mol. The van der Waals surface area contributed by atoms with Crippen molar-refractivity contribution in [2.45, 2.75) is 6.92 Å². The lowest BCUT2D eigenvalue weighted by Gasteiger charge is -2.08. The number of para-hydroxylation sites is 1. The van der Waals surface area contributed by atoms with Gasteiger partial charge in [-0.25, -0.2) is 0 Å². The number of carbonyl (C=O) groups excluding carboxylic acids is 1. The fraction of sp³-hybridized carbons (Fsp3) is 0.300. The third kappa shape index (κ3) is 2.10. The smallest absolute Gasteiger partial charge is 0.177 e. The highest BCUT2D eigenvalue weighted by atomic mass is 79.9. The molecule has 1 aromatic carbocycles. The highest BCUT2D eigenvalue weighted by Gasteiger charge is 2.11. The Balaban J connectivity index is 3.20. The summed E-state index contributed by atoms with van der Waals surface area (Å²) in [7, 11) is 1.58. The lowest BCUT2D eigenvalue weighted by Crippen LogP contribution is -2.03. The number of alkyl halides is 1. The lowest BCUT2D eigenvalue weighted by molar-refractivity contribution is 0.102. The zero-order chi connectivity index (χ0) is 9.84. The predicted octanol–water partition coefficient (Wildman–Crippen LogP) is 2.58. The highest BCUT2D eigenvalue weighted by Crippen LogP contribution is 2.23. The molecule has 0 unspecified atom stereocenters. The zero-order valence-corrected chi connectivity index (χ0v) is 9.22. The molecule has 1 aromatic rings. The SMILES string of the molecule is COc1c(C)cccc1C(=O)CBr. The van der Waals surface area contributed by atoms with E-state index in [2.05, 4.69) is 15.9 Å². The zero-order valence-electron chi connectivity index (χ0n) is 7.63. The molecule has 0 heterocycles. The van der Waals surface area contributed by atoms with Gasteiger partial charge in [-0.3, -0.25) is 4.79 Å². The van der Waals surface area contributed by atoms with Crippen LogP contribution >= 0.6 is 15.9 Å². The molecular weight excluding hydrogens is 232 g/mol. The number of halogens is 1. The largest absolute Gasteiger partial charge is 0.496 e. The van der Waals surface area contributed by atoms with E-state index in [4.69, 9.17) is 4.74 Å². The van der Waals surface area contributed by atoms with E-state index in [9.17, 15) is 4.79 Å². The number of hydrogen-bond donors (Lipinski definition) is 0. The van der Waals surface area contributed by atoms with Crippen molar-refractivity contribution < 1.29 is 9.53 Å². The van der Waals surface area contributed by atoms with Crippen molar-refractivity contribution >= 4 is 21.7 Å². The predicted molar refractivity (Wildman–Crippen MR) is 55.9 cm³/mol. The van der Waals surface area contributed by atoms with Gasteiger partial charge in [-0.2, -0.15) is 0 Å². The maximum atomic E-state index is 11.4. The van der Waals surface area contributed by atoms with Crippen molar-refractivity contribution in [2.24, 2.45) is 0 Å². The number of benzene rings is 1. The molecule has 0 aliphatic heterocycles. The van der Waals surface area contributed by atoms with Gasteiger partial charge in [0.25, 0.3) is 0 Å². The number of carbonyl (C=O) groups is 1. The number of methoxy groups -OCH3 is 1. The third-order valence-corrected chi connectivity index (χ3v) is 2.35. The van der Waals surface area contributed by atoms with Gasteiger partial charge >= 0.3 is 0 Å². The summed E-state index contributed by atoms with van der Waals surface area (Å²) in [4.78, 5) is 11.4. The molecule has 0 atom stereocenters.